The van der Waals surface area contributed by atoms with Gasteiger partial charge < -0.3 is 19.1 Å². The topological polar surface area (TPSA) is 117 Å². The van der Waals surface area contributed by atoms with E-state index in [0.29, 0.717) is 43.3 Å². The Labute approximate surface area is 336 Å². The van der Waals surface area contributed by atoms with E-state index in [4.69, 9.17) is 20.3 Å². The van der Waals surface area contributed by atoms with Crippen LogP contribution in [0.5, 0.6) is 0 Å². The molecule has 2 N–H and O–H groups in total. The Bertz CT molecular complexity index is 2110. The van der Waals surface area contributed by atoms with Crippen LogP contribution in [0.25, 0.3) is 0 Å². The number of ether oxygens (including phenoxy) is 2. The number of hydrogen-bond acceptors (Lipinski definition) is 6. The normalized spacial score (nSPS) is 21.4. The van der Waals surface area contributed by atoms with Crippen molar-refractivity contribution in [2.45, 2.75) is 57.4 Å². The third kappa shape index (κ3) is 8.58. The van der Waals surface area contributed by atoms with Gasteiger partial charge in [0, 0.05) is 38.0 Å². The molecule has 2 aliphatic heterocycles. The highest BCUT2D eigenvalue weighted by atomic mass is 16.5. The SMILES string of the molecule is COCC1=CC2CB(N(C(=O)n3ccccc3=N)c3ccc(Cc4ccc(N(B5CC6C=C(COC)CC(C5)C6)C(=O)n5ccccc5=N)cc4)cc3)CC(C1)C2. The minimum Gasteiger partial charge on any atom is -0.380 e. The summed E-state index contributed by atoms with van der Waals surface area (Å²) in [6.45, 7) is 1.37. The Hall–Kier alpha value is -5.19. The van der Waals surface area contributed by atoms with Gasteiger partial charge in [-0.1, -0.05) is 48.6 Å². The summed E-state index contributed by atoms with van der Waals surface area (Å²) in [5, 5.41) is 17.0. The van der Waals surface area contributed by atoms with Gasteiger partial charge in [0.1, 0.15) is 11.0 Å². The van der Waals surface area contributed by atoms with Crippen molar-refractivity contribution in [1.82, 2.24) is 9.13 Å². The summed E-state index contributed by atoms with van der Waals surface area (Å²) >= 11 is 0. The number of carbonyl (C=O) groups is 2. The molecule has 0 spiro atoms. The molecule has 2 amide bonds. The van der Waals surface area contributed by atoms with Crippen molar-refractivity contribution in [2.75, 3.05) is 37.1 Å². The summed E-state index contributed by atoms with van der Waals surface area (Å²) < 4.78 is 13.8. The number of methoxy groups -OCH3 is 2. The van der Waals surface area contributed by atoms with Crippen molar-refractivity contribution in [2.24, 2.45) is 23.7 Å². The van der Waals surface area contributed by atoms with E-state index in [1.807, 2.05) is 33.9 Å². The Balaban J connectivity index is 1.03. The standard InChI is InChI=1S/C45H52B2N6O4/c1-56-30-38-22-34-20-35(23-38)27-46(26-34)52(44(54)50-17-5-3-7-42(50)48)40-13-9-32(10-14-40)19-33-11-15-41(16-12-33)53(45(55)51-18-6-4-8-43(51)49)47-28-36-21-37(29-47)25-39(24-36)31-57-2/h3-18,22,24,34-37,48-49H,19-21,23,25-31H2,1-2H3. The molecular weight excluding hydrogens is 710 g/mol. The lowest BCUT2D eigenvalue weighted by molar-refractivity contribution is 0.214. The zero-order valence-corrected chi connectivity index (χ0v) is 33.1. The molecule has 12 heteroatoms. The molecule has 8 rings (SSSR count). The van der Waals surface area contributed by atoms with Crippen molar-refractivity contribution in [3.05, 3.63) is 143 Å². The molecule has 57 heavy (non-hydrogen) atoms. The van der Waals surface area contributed by atoms with Crippen LogP contribution in [0.15, 0.2) is 121 Å². The number of rotatable bonds is 10. The average molecular weight is 763 g/mol. The molecule has 4 atom stereocenters. The largest absolute Gasteiger partial charge is 0.380 e. The van der Waals surface area contributed by atoms with Gasteiger partial charge in [-0.25, -0.2) is 9.59 Å². The molecule has 0 radical (unpaired) electrons. The summed E-state index contributed by atoms with van der Waals surface area (Å²) in [6.07, 6.45) is 16.7. The van der Waals surface area contributed by atoms with Gasteiger partial charge in [-0.05, 0) is 152 Å². The van der Waals surface area contributed by atoms with Crippen LogP contribution in [0.3, 0.4) is 0 Å². The van der Waals surface area contributed by atoms with Crippen LogP contribution in [0.2, 0.25) is 25.3 Å². The fourth-order valence-electron chi connectivity index (χ4n) is 10.2. The molecule has 2 aromatic heterocycles. The molecule has 4 heterocycles. The molecule has 4 bridgehead atoms. The van der Waals surface area contributed by atoms with Crippen LogP contribution >= 0.6 is 0 Å². The summed E-state index contributed by atoms with van der Waals surface area (Å²) in [5.74, 6) is 1.78. The van der Waals surface area contributed by atoms with Gasteiger partial charge in [-0.3, -0.25) is 20.0 Å². The number of nitrogens with one attached hydrogen (secondary N) is 2. The number of allylic oxidation sites excluding steroid dienone is 2. The number of hydrogen-bond donors (Lipinski definition) is 2. The minimum absolute atomic E-state index is 0.0186. The number of anilines is 2. The van der Waals surface area contributed by atoms with Crippen LogP contribution in [0.1, 0.15) is 36.8 Å². The van der Waals surface area contributed by atoms with Gasteiger partial charge in [-0.2, -0.15) is 0 Å². The van der Waals surface area contributed by atoms with E-state index in [1.165, 1.54) is 20.3 Å². The van der Waals surface area contributed by atoms with Crippen LogP contribution in [0, 0.1) is 34.5 Å². The molecule has 4 aliphatic rings. The summed E-state index contributed by atoms with van der Waals surface area (Å²) in [7, 11) is 3.50. The number of carbonyl (C=O) groups excluding carboxylic acids is 2. The molecule has 0 saturated carbocycles. The van der Waals surface area contributed by atoms with E-state index >= 15 is 0 Å². The number of benzene rings is 2. The lowest BCUT2D eigenvalue weighted by atomic mass is 9.43. The Morgan fingerprint density at radius 1 is 0.632 bits per heavy atom. The first-order valence-electron chi connectivity index (χ1n) is 20.4. The number of fused-ring (bicyclic) bond motifs is 4. The highest BCUT2D eigenvalue weighted by Gasteiger charge is 2.42. The third-order valence-corrected chi connectivity index (χ3v) is 12.4. The number of nitrogens with zero attached hydrogens (tertiary/aromatic N) is 4. The van der Waals surface area contributed by atoms with Gasteiger partial charge >= 0.3 is 12.1 Å². The van der Waals surface area contributed by atoms with Crippen LogP contribution in [-0.2, 0) is 15.9 Å². The number of aromatic nitrogens is 2. The Kier molecular flexibility index (Phi) is 11.6. The third-order valence-electron chi connectivity index (χ3n) is 12.4. The molecule has 4 aromatic rings. The average Bonchev–Trinajstić information content (AvgIpc) is 3.19. The Morgan fingerprint density at radius 3 is 1.42 bits per heavy atom. The van der Waals surface area contributed by atoms with Gasteiger partial charge in [0.2, 0.25) is 0 Å². The van der Waals surface area contributed by atoms with E-state index in [1.54, 1.807) is 63.0 Å². The van der Waals surface area contributed by atoms with Crippen molar-refractivity contribution in [3.8, 4) is 0 Å². The molecule has 4 unspecified atom stereocenters. The van der Waals surface area contributed by atoms with Crippen molar-refractivity contribution >= 4 is 37.1 Å². The summed E-state index contributed by atoms with van der Waals surface area (Å²) in [5.41, 5.74) is 6.95. The lowest BCUT2D eigenvalue weighted by Crippen LogP contribution is -2.52. The van der Waals surface area contributed by atoms with E-state index in [2.05, 4.69) is 36.4 Å². The van der Waals surface area contributed by atoms with Crippen LogP contribution < -0.4 is 20.6 Å². The monoisotopic (exact) mass is 762 g/mol. The van der Waals surface area contributed by atoms with Crippen LogP contribution in [0.4, 0.5) is 21.0 Å². The highest BCUT2D eigenvalue weighted by molar-refractivity contribution is 6.68. The quantitative estimate of drug-likeness (QED) is 0.126. The maximum atomic E-state index is 14.3. The highest BCUT2D eigenvalue weighted by Crippen LogP contribution is 2.43. The molecule has 2 aliphatic carbocycles. The van der Waals surface area contributed by atoms with Crippen molar-refractivity contribution in [1.29, 1.82) is 10.8 Å². The van der Waals surface area contributed by atoms with Crippen molar-refractivity contribution in [3.63, 3.8) is 0 Å². The predicted molar refractivity (Wildman–Crippen MR) is 226 cm³/mol. The van der Waals surface area contributed by atoms with Gasteiger partial charge in [-0.15, -0.1) is 0 Å². The van der Waals surface area contributed by atoms with Gasteiger partial charge in [0.05, 0.1) is 13.2 Å². The maximum absolute atomic E-state index is 14.3. The van der Waals surface area contributed by atoms with E-state index in [0.717, 1.165) is 73.5 Å². The van der Waals surface area contributed by atoms with Crippen molar-refractivity contribution < 1.29 is 19.1 Å². The molecule has 10 nitrogen and oxygen atoms in total. The van der Waals surface area contributed by atoms with Crippen LogP contribution in [-0.4, -0.2) is 62.3 Å². The number of amides is 2. The number of pyridine rings is 2. The first kappa shape index (κ1) is 38.7. The fourth-order valence-corrected chi connectivity index (χ4v) is 10.2. The minimum atomic E-state index is -0.201. The molecule has 2 fully saturated rings. The van der Waals surface area contributed by atoms with Gasteiger partial charge in [0.25, 0.3) is 13.7 Å². The Morgan fingerprint density at radius 2 is 1.05 bits per heavy atom. The predicted octanol–water partition coefficient (Wildman–Crippen LogP) is 8.00. The molecule has 2 aromatic carbocycles. The molecule has 2 saturated heterocycles. The zero-order chi connectivity index (χ0) is 39.5. The first-order valence-corrected chi connectivity index (χ1v) is 20.4. The van der Waals surface area contributed by atoms with E-state index in [-0.39, 0.29) is 36.7 Å². The second-order valence-corrected chi connectivity index (χ2v) is 16.6. The summed E-state index contributed by atoms with van der Waals surface area (Å²) in [4.78, 5) is 32.4. The smallest absolute Gasteiger partial charge is 0.321 e. The molecule has 292 valence electrons. The fraction of sp³-hybridized carbons (Fsp3) is 0.378. The van der Waals surface area contributed by atoms with E-state index in [9.17, 15) is 9.59 Å². The second kappa shape index (κ2) is 17.1. The molecular formula is C45H52B2N6O4. The summed E-state index contributed by atoms with van der Waals surface area (Å²) in [6, 6.07) is 26.7. The first-order chi connectivity index (χ1) is 27.8. The second-order valence-electron chi connectivity index (χ2n) is 16.6. The lowest BCUT2D eigenvalue weighted by Gasteiger charge is -2.41. The zero-order valence-electron chi connectivity index (χ0n) is 33.1. The maximum Gasteiger partial charge on any atom is 0.321 e. The van der Waals surface area contributed by atoms with E-state index < -0.39 is 0 Å². The van der Waals surface area contributed by atoms with Gasteiger partial charge in [0.15, 0.2) is 0 Å².